The summed E-state index contributed by atoms with van der Waals surface area (Å²) in [6.45, 7) is 2.17. The molecular weight excluding hydrogens is 399 g/mol. The molecule has 2 aromatic rings. The third-order valence-corrected chi connectivity index (χ3v) is 6.29. The Kier molecular flexibility index (Phi) is 8.47. The van der Waals surface area contributed by atoms with Crippen LogP contribution in [0.4, 0.5) is 4.39 Å². The predicted octanol–water partition coefficient (Wildman–Crippen LogP) is 2.89. The van der Waals surface area contributed by atoms with Crippen molar-refractivity contribution >= 4 is 27.7 Å². The molecule has 152 valence electrons. The maximum atomic E-state index is 13.2. The molecule has 0 saturated heterocycles. The van der Waals surface area contributed by atoms with Crippen molar-refractivity contribution in [3.8, 4) is 0 Å². The van der Waals surface area contributed by atoms with Gasteiger partial charge in [-0.2, -0.15) is 16.5 Å². The van der Waals surface area contributed by atoms with Gasteiger partial charge >= 0.3 is 0 Å². The minimum atomic E-state index is -3.80. The number of benzene rings is 2. The molecule has 0 aliphatic carbocycles. The molecular formula is C20H25FN2O3S2. The van der Waals surface area contributed by atoms with Gasteiger partial charge < -0.3 is 5.32 Å². The average Bonchev–Trinajstić information content (AvgIpc) is 2.65. The second kappa shape index (κ2) is 10.6. The summed E-state index contributed by atoms with van der Waals surface area (Å²) in [5.74, 6) is -0.0769. The third kappa shape index (κ3) is 6.92. The first-order valence-electron chi connectivity index (χ1n) is 8.92. The maximum absolute atomic E-state index is 13.2. The van der Waals surface area contributed by atoms with Crippen molar-refractivity contribution in [2.45, 2.75) is 30.7 Å². The van der Waals surface area contributed by atoms with Crippen LogP contribution in [-0.4, -0.2) is 38.9 Å². The molecule has 0 fully saturated rings. The summed E-state index contributed by atoms with van der Waals surface area (Å²) in [7, 11) is -3.80. The van der Waals surface area contributed by atoms with Gasteiger partial charge in [-0.15, -0.1) is 0 Å². The summed E-state index contributed by atoms with van der Waals surface area (Å²) in [5, 5.41) is 2.75. The van der Waals surface area contributed by atoms with Crippen LogP contribution in [0, 0.1) is 12.7 Å². The van der Waals surface area contributed by atoms with Crippen LogP contribution in [0.5, 0.6) is 0 Å². The molecule has 0 heterocycles. The Labute approximate surface area is 170 Å². The van der Waals surface area contributed by atoms with Crippen molar-refractivity contribution < 1.29 is 17.6 Å². The Morgan fingerprint density at radius 1 is 1.18 bits per heavy atom. The molecule has 0 aliphatic heterocycles. The van der Waals surface area contributed by atoms with Gasteiger partial charge in [0.1, 0.15) is 11.9 Å². The van der Waals surface area contributed by atoms with Gasteiger partial charge in [-0.1, -0.05) is 29.8 Å². The largest absolute Gasteiger partial charge is 0.354 e. The lowest BCUT2D eigenvalue weighted by atomic mass is 10.1. The number of halogens is 1. The molecule has 0 radical (unpaired) electrons. The number of nitrogens with one attached hydrogen (secondary N) is 2. The highest BCUT2D eigenvalue weighted by Crippen LogP contribution is 2.12. The van der Waals surface area contributed by atoms with Crippen LogP contribution >= 0.6 is 11.8 Å². The Bertz CT molecular complexity index is 887. The van der Waals surface area contributed by atoms with E-state index in [2.05, 4.69) is 10.0 Å². The zero-order chi connectivity index (χ0) is 20.6. The molecule has 0 aliphatic rings. The number of carbonyl (C=O) groups excluding carboxylic acids is 1. The van der Waals surface area contributed by atoms with E-state index in [-0.39, 0.29) is 16.6 Å². The quantitative estimate of drug-likeness (QED) is 0.615. The van der Waals surface area contributed by atoms with E-state index < -0.39 is 16.1 Å². The normalized spacial score (nSPS) is 12.5. The summed E-state index contributed by atoms with van der Waals surface area (Å²) in [6.07, 6.45) is 2.73. The first-order chi connectivity index (χ1) is 13.3. The van der Waals surface area contributed by atoms with Crippen molar-refractivity contribution in [3.63, 3.8) is 0 Å². The molecule has 2 N–H and O–H groups in total. The van der Waals surface area contributed by atoms with Gasteiger partial charge in [0.25, 0.3) is 0 Å². The Morgan fingerprint density at radius 2 is 1.89 bits per heavy atom. The lowest BCUT2D eigenvalue weighted by molar-refractivity contribution is -0.122. The summed E-state index contributed by atoms with van der Waals surface area (Å²) in [6, 6.07) is 11.8. The molecule has 28 heavy (non-hydrogen) atoms. The van der Waals surface area contributed by atoms with E-state index in [4.69, 9.17) is 0 Å². The van der Waals surface area contributed by atoms with E-state index in [0.717, 1.165) is 11.1 Å². The van der Waals surface area contributed by atoms with E-state index in [9.17, 15) is 17.6 Å². The fourth-order valence-corrected chi connectivity index (χ4v) is 4.30. The maximum Gasteiger partial charge on any atom is 0.241 e. The minimum Gasteiger partial charge on any atom is -0.354 e. The molecule has 1 amide bonds. The summed E-state index contributed by atoms with van der Waals surface area (Å²) < 4.78 is 41.0. The van der Waals surface area contributed by atoms with Gasteiger partial charge in [-0.25, -0.2) is 12.8 Å². The second-order valence-electron chi connectivity index (χ2n) is 6.44. The van der Waals surface area contributed by atoms with Crippen LogP contribution in [0.1, 0.15) is 17.5 Å². The van der Waals surface area contributed by atoms with Crippen LogP contribution in [0.2, 0.25) is 0 Å². The number of rotatable bonds is 10. The van der Waals surface area contributed by atoms with Gasteiger partial charge in [0.2, 0.25) is 15.9 Å². The van der Waals surface area contributed by atoms with E-state index in [1.54, 1.807) is 24.3 Å². The Hall–Kier alpha value is -1.90. The molecule has 5 nitrogen and oxygen atoms in total. The van der Waals surface area contributed by atoms with Crippen LogP contribution < -0.4 is 10.0 Å². The molecule has 0 spiro atoms. The molecule has 1 atom stereocenters. The fourth-order valence-electron chi connectivity index (χ4n) is 2.60. The van der Waals surface area contributed by atoms with Gasteiger partial charge in [-0.05, 0) is 61.6 Å². The molecule has 8 heteroatoms. The van der Waals surface area contributed by atoms with E-state index in [1.165, 1.54) is 36.0 Å². The minimum absolute atomic E-state index is 0.125. The highest BCUT2D eigenvalue weighted by molar-refractivity contribution is 7.98. The Balaban J connectivity index is 2.00. The lowest BCUT2D eigenvalue weighted by Gasteiger charge is -2.18. The number of sulfonamides is 1. The topological polar surface area (TPSA) is 75.3 Å². The average molecular weight is 425 g/mol. The second-order valence-corrected chi connectivity index (χ2v) is 9.14. The van der Waals surface area contributed by atoms with E-state index >= 15 is 0 Å². The van der Waals surface area contributed by atoms with Crippen LogP contribution in [0.3, 0.4) is 0 Å². The standard InChI is InChI=1S/C20H25FN2O3S2/c1-15-6-8-18(9-7-15)28(25,26)23-19(11-13-27-2)20(24)22-12-10-16-4-3-5-17(21)14-16/h3-9,14,19,23H,10-13H2,1-2H3,(H,22,24). The van der Waals surface area contributed by atoms with Gasteiger partial charge in [0.05, 0.1) is 4.90 Å². The highest BCUT2D eigenvalue weighted by atomic mass is 32.2. The van der Waals surface area contributed by atoms with Crippen molar-refractivity contribution in [2.24, 2.45) is 0 Å². The number of aryl methyl sites for hydroxylation is 1. The zero-order valence-electron chi connectivity index (χ0n) is 15.9. The highest BCUT2D eigenvalue weighted by Gasteiger charge is 2.25. The first kappa shape index (κ1) is 22.4. The van der Waals surface area contributed by atoms with Crippen molar-refractivity contribution in [1.29, 1.82) is 0 Å². The Morgan fingerprint density at radius 3 is 2.54 bits per heavy atom. The van der Waals surface area contributed by atoms with Crippen molar-refractivity contribution in [1.82, 2.24) is 10.0 Å². The van der Waals surface area contributed by atoms with Crippen LogP contribution in [-0.2, 0) is 21.2 Å². The van der Waals surface area contributed by atoms with Crippen LogP contribution in [0.25, 0.3) is 0 Å². The molecule has 0 saturated carbocycles. The summed E-state index contributed by atoms with van der Waals surface area (Å²) in [5.41, 5.74) is 1.72. The molecule has 1 unspecified atom stereocenters. The third-order valence-electron chi connectivity index (χ3n) is 4.16. The fraction of sp³-hybridized carbons (Fsp3) is 0.350. The monoisotopic (exact) mass is 424 g/mol. The summed E-state index contributed by atoms with van der Waals surface area (Å²) >= 11 is 1.54. The summed E-state index contributed by atoms with van der Waals surface area (Å²) in [4.78, 5) is 12.7. The van der Waals surface area contributed by atoms with Crippen LogP contribution in [0.15, 0.2) is 53.4 Å². The van der Waals surface area contributed by atoms with Gasteiger partial charge in [0, 0.05) is 6.54 Å². The van der Waals surface area contributed by atoms with Gasteiger partial charge in [-0.3, -0.25) is 4.79 Å². The van der Waals surface area contributed by atoms with Gasteiger partial charge in [0.15, 0.2) is 0 Å². The van der Waals surface area contributed by atoms with Crippen molar-refractivity contribution in [3.05, 3.63) is 65.5 Å². The number of carbonyl (C=O) groups is 1. The number of thioether (sulfide) groups is 1. The number of hydrogen-bond acceptors (Lipinski definition) is 4. The molecule has 2 aromatic carbocycles. The number of amides is 1. The smallest absolute Gasteiger partial charge is 0.241 e. The molecule has 0 bridgehead atoms. The molecule has 0 aromatic heterocycles. The zero-order valence-corrected chi connectivity index (χ0v) is 17.6. The number of hydrogen-bond donors (Lipinski definition) is 2. The SMILES string of the molecule is CSCCC(NS(=O)(=O)c1ccc(C)cc1)C(=O)NCCc1cccc(F)c1. The van der Waals surface area contributed by atoms with Crippen molar-refractivity contribution in [2.75, 3.05) is 18.6 Å². The molecule has 2 rings (SSSR count). The predicted molar refractivity (Wildman–Crippen MR) is 111 cm³/mol. The van der Waals surface area contributed by atoms with E-state index in [0.29, 0.717) is 25.1 Å². The lowest BCUT2D eigenvalue weighted by Crippen LogP contribution is -2.47. The van der Waals surface area contributed by atoms with E-state index in [1.807, 2.05) is 13.2 Å². The first-order valence-corrected chi connectivity index (χ1v) is 11.8.